The second-order valence-corrected chi connectivity index (χ2v) is 9.18. The highest BCUT2D eigenvalue weighted by Gasteiger charge is 2.53. The summed E-state index contributed by atoms with van der Waals surface area (Å²) >= 11 is 0. The molecule has 5 heterocycles. The fraction of sp³-hybridized carbons (Fsp3) is 0.400. The van der Waals surface area contributed by atoms with E-state index in [1.54, 1.807) is 4.57 Å². The molecule has 0 aliphatic carbocycles. The lowest BCUT2D eigenvalue weighted by molar-refractivity contribution is -0.175. The van der Waals surface area contributed by atoms with Gasteiger partial charge in [-0.15, -0.1) is 0 Å². The predicted octanol–water partition coefficient (Wildman–Crippen LogP) is 2.64. The number of hydrogen-bond acceptors (Lipinski definition) is 6. The summed E-state index contributed by atoms with van der Waals surface area (Å²) in [6, 6.07) is 12.0. The van der Waals surface area contributed by atoms with Crippen LogP contribution in [0.25, 0.3) is 22.3 Å². The summed E-state index contributed by atoms with van der Waals surface area (Å²) in [6.45, 7) is 3.40. The summed E-state index contributed by atoms with van der Waals surface area (Å²) in [5.74, 6) is -0.301. The molecule has 3 aliphatic rings. The van der Waals surface area contributed by atoms with Gasteiger partial charge in [0.2, 0.25) is 0 Å². The molecule has 7 nitrogen and oxygen atoms in total. The number of benzene rings is 1. The largest absolute Gasteiger partial charge is 0.460 e. The van der Waals surface area contributed by atoms with Crippen LogP contribution < -0.4 is 11.3 Å². The Labute approximate surface area is 185 Å². The lowest BCUT2D eigenvalue weighted by Gasteiger charge is -2.48. The molecule has 2 atom stereocenters. The van der Waals surface area contributed by atoms with E-state index in [9.17, 15) is 9.59 Å². The van der Waals surface area contributed by atoms with Crippen molar-refractivity contribution < 1.29 is 14.3 Å². The van der Waals surface area contributed by atoms with Crippen molar-refractivity contribution in [3.8, 4) is 11.4 Å². The van der Waals surface area contributed by atoms with Gasteiger partial charge in [0, 0.05) is 23.9 Å². The van der Waals surface area contributed by atoms with Crippen molar-refractivity contribution in [2.75, 3.05) is 13.2 Å². The van der Waals surface area contributed by atoms with E-state index >= 15 is 0 Å². The molecule has 1 unspecified atom stereocenters. The van der Waals surface area contributed by atoms with Crippen molar-refractivity contribution in [1.82, 2.24) is 9.55 Å². The summed E-state index contributed by atoms with van der Waals surface area (Å²) in [7, 11) is 0. The number of para-hydroxylation sites is 1. The molecule has 6 rings (SSSR count). The molecule has 164 valence electrons. The SMILES string of the molecule is CC[C@@]1(CC2(CN)CCO2)C(=O)OCc2c1cc1n(c2=O)Cc2cc3ccccc3nc2-1. The standard InChI is InChI=1S/C25H25N3O4/c1-2-25(13-24(14-26)7-8-32-24)18-10-20-21-16(9-15-5-3-4-6-19(15)27-21)11-28(20)22(29)17(18)12-31-23(25)30/h3-6,9-10H,2,7-8,11-14,26H2,1H3/t24?,25-/m0/s1. The number of esters is 1. The minimum absolute atomic E-state index is 0.00272. The average molecular weight is 431 g/mol. The van der Waals surface area contributed by atoms with Gasteiger partial charge in [-0.3, -0.25) is 9.59 Å². The zero-order chi connectivity index (χ0) is 22.1. The Hall–Kier alpha value is -3.03. The first-order valence-electron chi connectivity index (χ1n) is 11.2. The number of hydrogen-bond donors (Lipinski definition) is 1. The number of pyridine rings is 2. The molecule has 7 heteroatoms. The van der Waals surface area contributed by atoms with Crippen molar-refractivity contribution in [3.63, 3.8) is 0 Å². The van der Waals surface area contributed by atoms with Crippen LogP contribution in [0.1, 0.15) is 42.9 Å². The minimum Gasteiger partial charge on any atom is -0.460 e. The average Bonchev–Trinajstić information content (AvgIpc) is 3.14. The number of fused-ring (bicyclic) bond motifs is 5. The van der Waals surface area contributed by atoms with Gasteiger partial charge in [-0.25, -0.2) is 4.98 Å². The highest BCUT2D eigenvalue weighted by atomic mass is 16.5. The van der Waals surface area contributed by atoms with Crippen LogP contribution in [-0.2, 0) is 32.8 Å². The van der Waals surface area contributed by atoms with Gasteiger partial charge in [-0.1, -0.05) is 25.1 Å². The maximum absolute atomic E-state index is 13.6. The Balaban J connectivity index is 1.57. The highest BCUT2D eigenvalue weighted by molar-refractivity contribution is 5.87. The predicted molar refractivity (Wildman–Crippen MR) is 119 cm³/mol. The second kappa shape index (κ2) is 6.73. The Bertz CT molecular complexity index is 1340. The third-order valence-corrected chi connectivity index (χ3v) is 7.59. The quantitative estimate of drug-likeness (QED) is 0.499. The van der Waals surface area contributed by atoms with Crippen LogP contribution in [0.3, 0.4) is 0 Å². The third kappa shape index (κ3) is 2.52. The van der Waals surface area contributed by atoms with Crippen LogP contribution in [0.5, 0.6) is 0 Å². The van der Waals surface area contributed by atoms with E-state index in [-0.39, 0.29) is 18.1 Å². The van der Waals surface area contributed by atoms with E-state index in [0.717, 1.165) is 39.8 Å². The molecular weight excluding hydrogens is 406 g/mol. The van der Waals surface area contributed by atoms with Gasteiger partial charge in [0.05, 0.1) is 46.6 Å². The number of ether oxygens (including phenoxy) is 2. The minimum atomic E-state index is -0.957. The number of carbonyl (C=O) groups excluding carboxylic acids is 1. The van der Waals surface area contributed by atoms with Crippen molar-refractivity contribution in [2.24, 2.45) is 5.73 Å². The van der Waals surface area contributed by atoms with Crippen LogP contribution in [0, 0.1) is 0 Å². The zero-order valence-electron chi connectivity index (χ0n) is 18.0. The monoisotopic (exact) mass is 431 g/mol. The van der Waals surface area contributed by atoms with Gasteiger partial charge in [-0.2, -0.15) is 0 Å². The molecule has 2 aromatic heterocycles. The summed E-state index contributed by atoms with van der Waals surface area (Å²) in [4.78, 5) is 31.7. The Morgan fingerprint density at radius 1 is 1.22 bits per heavy atom. The molecule has 0 bridgehead atoms. The Morgan fingerprint density at radius 2 is 2.03 bits per heavy atom. The number of cyclic esters (lactones) is 1. The molecule has 3 aliphatic heterocycles. The van der Waals surface area contributed by atoms with Crippen LogP contribution >= 0.6 is 0 Å². The van der Waals surface area contributed by atoms with E-state index in [1.807, 2.05) is 37.3 Å². The molecule has 0 spiro atoms. The van der Waals surface area contributed by atoms with E-state index in [0.29, 0.717) is 38.1 Å². The van der Waals surface area contributed by atoms with Crippen LogP contribution in [-0.4, -0.2) is 34.3 Å². The topological polar surface area (TPSA) is 96.4 Å². The molecule has 1 fully saturated rings. The van der Waals surface area contributed by atoms with Crippen molar-refractivity contribution in [1.29, 1.82) is 0 Å². The van der Waals surface area contributed by atoms with Gasteiger partial charge in [0.1, 0.15) is 6.61 Å². The first-order chi connectivity index (χ1) is 15.5. The number of rotatable bonds is 4. The lowest BCUT2D eigenvalue weighted by atomic mass is 9.66. The molecule has 0 amide bonds. The first-order valence-corrected chi connectivity index (χ1v) is 11.2. The summed E-state index contributed by atoms with van der Waals surface area (Å²) in [5.41, 5.74) is 9.20. The highest BCUT2D eigenvalue weighted by Crippen LogP contribution is 2.47. The Kier molecular flexibility index (Phi) is 4.13. The van der Waals surface area contributed by atoms with Gasteiger partial charge in [-0.05, 0) is 36.6 Å². The normalized spacial score (nSPS) is 25.6. The number of nitrogens with zero attached hydrogens (tertiary/aromatic N) is 2. The van der Waals surface area contributed by atoms with E-state index in [4.69, 9.17) is 20.2 Å². The summed E-state index contributed by atoms with van der Waals surface area (Å²) in [5, 5.41) is 1.05. The number of nitrogens with two attached hydrogens (primary N) is 1. The van der Waals surface area contributed by atoms with Crippen molar-refractivity contribution in [3.05, 3.63) is 63.4 Å². The van der Waals surface area contributed by atoms with E-state index in [1.165, 1.54) is 0 Å². The van der Waals surface area contributed by atoms with Gasteiger partial charge < -0.3 is 19.8 Å². The van der Waals surface area contributed by atoms with Crippen LogP contribution in [0.15, 0.2) is 41.2 Å². The maximum Gasteiger partial charge on any atom is 0.317 e. The fourth-order valence-corrected chi connectivity index (χ4v) is 5.61. The first kappa shape index (κ1) is 19.6. The molecule has 3 aromatic rings. The maximum atomic E-state index is 13.6. The Morgan fingerprint density at radius 3 is 2.75 bits per heavy atom. The van der Waals surface area contributed by atoms with Crippen molar-refractivity contribution in [2.45, 2.75) is 50.4 Å². The molecule has 32 heavy (non-hydrogen) atoms. The van der Waals surface area contributed by atoms with E-state index in [2.05, 4.69) is 6.07 Å². The molecule has 2 N–H and O–H groups in total. The second-order valence-electron chi connectivity index (χ2n) is 9.18. The third-order valence-electron chi connectivity index (χ3n) is 7.59. The molecular formula is C25H25N3O4. The van der Waals surface area contributed by atoms with Crippen LogP contribution in [0.2, 0.25) is 0 Å². The van der Waals surface area contributed by atoms with Crippen LogP contribution in [0.4, 0.5) is 0 Å². The lowest BCUT2D eigenvalue weighted by Crippen LogP contribution is -2.57. The zero-order valence-corrected chi connectivity index (χ0v) is 18.0. The summed E-state index contributed by atoms with van der Waals surface area (Å²) < 4.78 is 13.2. The van der Waals surface area contributed by atoms with E-state index < -0.39 is 11.0 Å². The number of carbonyl (C=O) groups is 1. The molecule has 1 saturated heterocycles. The molecule has 0 saturated carbocycles. The summed E-state index contributed by atoms with van der Waals surface area (Å²) in [6.07, 6.45) is 1.72. The number of aromatic nitrogens is 2. The van der Waals surface area contributed by atoms with Gasteiger partial charge in [0.15, 0.2) is 0 Å². The smallest absolute Gasteiger partial charge is 0.317 e. The molecule has 0 radical (unpaired) electrons. The molecule has 1 aromatic carbocycles. The fourth-order valence-electron chi connectivity index (χ4n) is 5.61. The van der Waals surface area contributed by atoms with Crippen molar-refractivity contribution >= 4 is 16.9 Å². The van der Waals surface area contributed by atoms with Gasteiger partial charge in [0.25, 0.3) is 5.56 Å². The van der Waals surface area contributed by atoms with Gasteiger partial charge >= 0.3 is 5.97 Å².